The summed E-state index contributed by atoms with van der Waals surface area (Å²) < 4.78 is 15.3. The van der Waals surface area contributed by atoms with Gasteiger partial charge in [-0.25, -0.2) is 4.39 Å². The van der Waals surface area contributed by atoms with Gasteiger partial charge >= 0.3 is 0 Å². The predicted octanol–water partition coefficient (Wildman–Crippen LogP) is 4.47. The number of hydrogen-bond donors (Lipinski definition) is 1. The molecule has 0 fully saturated rings. The Bertz CT molecular complexity index is 1200. The normalized spacial score (nSPS) is 11.7. The van der Waals surface area contributed by atoms with E-state index < -0.39 is 5.82 Å². The first-order valence-corrected chi connectivity index (χ1v) is 9.68. The van der Waals surface area contributed by atoms with Crippen molar-refractivity contribution in [1.82, 2.24) is 9.88 Å². The molecule has 0 aliphatic heterocycles. The van der Waals surface area contributed by atoms with E-state index in [1.165, 1.54) is 23.5 Å². The van der Waals surface area contributed by atoms with Crippen LogP contribution in [0.4, 0.5) is 10.1 Å². The van der Waals surface area contributed by atoms with Gasteiger partial charge in [-0.3, -0.25) is 9.78 Å². The van der Waals surface area contributed by atoms with Crippen LogP contribution in [0.1, 0.15) is 6.42 Å². The summed E-state index contributed by atoms with van der Waals surface area (Å²) in [6.07, 6.45) is 2.73. The molecule has 2 heterocycles. The average Bonchev–Trinajstić information content (AvgIpc) is 2.65. The zero-order valence-corrected chi connectivity index (χ0v) is 16.1. The van der Waals surface area contributed by atoms with Crippen molar-refractivity contribution in [2.75, 3.05) is 32.5 Å². The van der Waals surface area contributed by atoms with Crippen LogP contribution in [0.5, 0.6) is 0 Å². The minimum Gasteiger partial charge on any atom is -0.384 e. The number of nitrogens with zero attached hydrogens (tertiary/aromatic N) is 2. The zero-order chi connectivity index (χ0) is 19.0. The fourth-order valence-corrected chi connectivity index (χ4v) is 4.35. The number of fused-ring (bicyclic) bond motifs is 4. The lowest BCUT2D eigenvalue weighted by Gasteiger charge is -2.13. The van der Waals surface area contributed by atoms with E-state index in [0.29, 0.717) is 10.8 Å². The number of hydrogen-bond acceptors (Lipinski definition) is 5. The second-order valence-electron chi connectivity index (χ2n) is 6.85. The fraction of sp³-hybridized carbons (Fsp3) is 0.238. The Kier molecular flexibility index (Phi) is 4.76. The minimum absolute atomic E-state index is 0.145. The van der Waals surface area contributed by atoms with Crippen LogP contribution >= 0.6 is 11.3 Å². The molecule has 0 bridgehead atoms. The van der Waals surface area contributed by atoms with Gasteiger partial charge in [-0.1, -0.05) is 6.07 Å². The molecule has 4 rings (SSSR count). The van der Waals surface area contributed by atoms with Crippen molar-refractivity contribution in [3.8, 4) is 0 Å². The molecule has 138 valence electrons. The number of aromatic nitrogens is 1. The third kappa shape index (κ3) is 3.38. The van der Waals surface area contributed by atoms with Gasteiger partial charge in [-0.15, -0.1) is 11.3 Å². The van der Waals surface area contributed by atoms with E-state index in [-0.39, 0.29) is 5.43 Å². The first kappa shape index (κ1) is 17.8. The van der Waals surface area contributed by atoms with Crippen molar-refractivity contribution in [2.45, 2.75) is 6.42 Å². The molecular formula is C21H20FN3OS. The van der Waals surface area contributed by atoms with Crippen molar-refractivity contribution in [3.63, 3.8) is 0 Å². The Morgan fingerprint density at radius 3 is 2.81 bits per heavy atom. The monoisotopic (exact) mass is 381 g/mol. The molecular weight excluding hydrogens is 361 g/mol. The number of anilines is 1. The van der Waals surface area contributed by atoms with Gasteiger partial charge in [0.1, 0.15) is 5.82 Å². The highest BCUT2D eigenvalue weighted by Gasteiger charge is 2.13. The molecule has 0 atom stereocenters. The largest absolute Gasteiger partial charge is 0.384 e. The smallest absolute Gasteiger partial charge is 0.196 e. The van der Waals surface area contributed by atoms with E-state index in [2.05, 4.69) is 15.2 Å². The second kappa shape index (κ2) is 7.21. The summed E-state index contributed by atoms with van der Waals surface area (Å²) in [5, 5.41) is 5.29. The van der Waals surface area contributed by atoms with Crippen LogP contribution in [-0.4, -0.2) is 37.1 Å². The zero-order valence-electron chi connectivity index (χ0n) is 15.3. The van der Waals surface area contributed by atoms with Gasteiger partial charge in [0.2, 0.25) is 0 Å². The molecule has 0 saturated carbocycles. The van der Waals surface area contributed by atoms with E-state index in [9.17, 15) is 9.18 Å². The molecule has 1 N–H and O–H groups in total. The topological polar surface area (TPSA) is 45.2 Å². The molecule has 0 spiro atoms. The Balaban J connectivity index is 1.92. The fourth-order valence-electron chi connectivity index (χ4n) is 3.32. The quantitative estimate of drug-likeness (QED) is 0.315. The summed E-state index contributed by atoms with van der Waals surface area (Å²) in [5.74, 6) is -0.397. The molecule has 27 heavy (non-hydrogen) atoms. The van der Waals surface area contributed by atoms with Gasteiger partial charge in [-0.2, -0.15) is 0 Å². The molecule has 2 aromatic heterocycles. The van der Waals surface area contributed by atoms with Crippen LogP contribution in [-0.2, 0) is 0 Å². The number of benzene rings is 2. The lowest BCUT2D eigenvalue weighted by molar-refractivity contribution is 0.405. The third-order valence-corrected chi connectivity index (χ3v) is 5.70. The maximum atomic E-state index is 13.7. The number of pyridine rings is 1. The SMILES string of the molecule is CN(C)CCCNc1cccc2ncc3sc4ccc(F)cc4c(=O)c3c12. The minimum atomic E-state index is -0.397. The van der Waals surface area contributed by atoms with Gasteiger partial charge in [0.05, 0.1) is 15.6 Å². The van der Waals surface area contributed by atoms with E-state index in [0.717, 1.165) is 45.5 Å². The molecule has 0 radical (unpaired) electrons. The van der Waals surface area contributed by atoms with Crippen molar-refractivity contribution < 1.29 is 4.39 Å². The van der Waals surface area contributed by atoms with Crippen molar-refractivity contribution in [1.29, 1.82) is 0 Å². The van der Waals surface area contributed by atoms with E-state index in [1.54, 1.807) is 12.3 Å². The lowest BCUT2D eigenvalue weighted by atomic mass is 10.1. The number of nitrogens with one attached hydrogen (secondary N) is 1. The Labute approximate surface area is 160 Å². The highest BCUT2D eigenvalue weighted by molar-refractivity contribution is 7.24. The summed E-state index contributed by atoms with van der Waals surface area (Å²) in [7, 11) is 4.09. The van der Waals surface area contributed by atoms with Crippen LogP contribution in [0.15, 0.2) is 47.4 Å². The molecule has 4 aromatic rings. The van der Waals surface area contributed by atoms with E-state index in [1.807, 2.05) is 32.3 Å². The van der Waals surface area contributed by atoms with E-state index >= 15 is 0 Å². The van der Waals surface area contributed by atoms with Crippen molar-refractivity contribution in [2.24, 2.45) is 0 Å². The standard InChI is InChI=1S/C21H20FN3OS/c1-25(2)10-4-9-23-15-5-3-6-16-19(15)20-18(12-24-16)27-17-8-7-13(22)11-14(17)21(20)26/h3,5-8,11-12,23H,4,9-10H2,1-2H3. The van der Waals surface area contributed by atoms with Gasteiger partial charge < -0.3 is 10.2 Å². The lowest BCUT2D eigenvalue weighted by Crippen LogP contribution is -2.16. The first-order valence-electron chi connectivity index (χ1n) is 8.87. The molecule has 0 saturated heterocycles. The van der Waals surface area contributed by atoms with Gasteiger partial charge in [-0.05, 0) is 57.4 Å². The van der Waals surface area contributed by atoms with Gasteiger partial charge in [0.15, 0.2) is 5.43 Å². The highest BCUT2D eigenvalue weighted by atomic mass is 32.1. The van der Waals surface area contributed by atoms with E-state index in [4.69, 9.17) is 0 Å². The first-order chi connectivity index (χ1) is 13.0. The predicted molar refractivity (Wildman–Crippen MR) is 113 cm³/mol. The maximum Gasteiger partial charge on any atom is 0.196 e. The summed E-state index contributed by atoms with van der Waals surface area (Å²) in [6.45, 7) is 1.78. The van der Waals surface area contributed by atoms with Crippen molar-refractivity contribution >= 4 is 48.1 Å². The molecule has 0 unspecified atom stereocenters. The maximum absolute atomic E-state index is 13.7. The van der Waals surface area contributed by atoms with Crippen molar-refractivity contribution in [3.05, 3.63) is 58.6 Å². The van der Waals surface area contributed by atoms with Gasteiger partial charge in [0.25, 0.3) is 0 Å². The highest BCUT2D eigenvalue weighted by Crippen LogP contribution is 2.32. The average molecular weight is 381 g/mol. The second-order valence-corrected chi connectivity index (χ2v) is 7.94. The van der Waals surface area contributed by atoms with Crippen LogP contribution < -0.4 is 10.7 Å². The molecule has 0 aliphatic carbocycles. The summed E-state index contributed by atoms with van der Waals surface area (Å²) >= 11 is 1.47. The summed E-state index contributed by atoms with van der Waals surface area (Å²) in [6, 6.07) is 10.2. The van der Waals surface area contributed by atoms with Crippen LogP contribution in [0.3, 0.4) is 0 Å². The number of rotatable bonds is 5. The Morgan fingerprint density at radius 2 is 2.00 bits per heavy atom. The molecule has 0 aliphatic rings. The van der Waals surface area contributed by atoms with Gasteiger partial charge in [0, 0.05) is 33.9 Å². The summed E-state index contributed by atoms with van der Waals surface area (Å²) in [5.41, 5.74) is 1.51. The van der Waals surface area contributed by atoms with Crippen LogP contribution in [0.25, 0.3) is 31.1 Å². The Morgan fingerprint density at radius 1 is 1.15 bits per heavy atom. The number of halogens is 1. The molecule has 6 heteroatoms. The third-order valence-electron chi connectivity index (χ3n) is 4.59. The van der Waals surface area contributed by atoms with Crippen LogP contribution in [0, 0.1) is 5.82 Å². The molecule has 2 aromatic carbocycles. The van der Waals surface area contributed by atoms with Crippen LogP contribution in [0.2, 0.25) is 0 Å². The molecule has 4 nitrogen and oxygen atoms in total. The Hall–Kier alpha value is -2.57. The molecule has 0 amide bonds. The summed E-state index contributed by atoms with van der Waals surface area (Å²) in [4.78, 5) is 19.9.